The second kappa shape index (κ2) is 5.34. The summed E-state index contributed by atoms with van der Waals surface area (Å²) in [5, 5.41) is 0. The minimum Gasteiger partial charge on any atom is -0.324 e. The smallest absolute Gasteiger partial charge is 0.161 e. The van der Waals surface area contributed by atoms with E-state index in [4.69, 9.17) is 5.73 Å². The standard InChI is InChI=1S/C12H16F3N/c1-7(2)3-4-12(16)8-5-10(14)11(15)6-9(8)13/h5-7,12H,3-4,16H2,1-2H3/t12-/m1/s1. The Balaban J connectivity index is 2.82. The fraction of sp³-hybridized carbons (Fsp3) is 0.500. The minimum atomic E-state index is -1.18. The van der Waals surface area contributed by atoms with E-state index in [0.717, 1.165) is 12.5 Å². The van der Waals surface area contributed by atoms with Crippen LogP contribution >= 0.6 is 0 Å². The van der Waals surface area contributed by atoms with Crippen LogP contribution in [0.15, 0.2) is 12.1 Å². The Morgan fingerprint density at radius 2 is 1.56 bits per heavy atom. The average Bonchev–Trinajstić information content (AvgIpc) is 2.20. The molecule has 0 bridgehead atoms. The molecule has 0 heterocycles. The molecule has 0 aliphatic heterocycles. The molecule has 0 saturated carbocycles. The van der Waals surface area contributed by atoms with Crippen molar-refractivity contribution in [3.63, 3.8) is 0 Å². The number of hydrogen-bond donors (Lipinski definition) is 1. The highest BCUT2D eigenvalue weighted by atomic mass is 19.2. The lowest BCUT2D eigenvalue weighted by molar-refractivity contribution is 0.466. The summed E-state index contributed by atoms with van der Waals surface area (Å²) in [4.78, 5) is 0. The molecule has 1 atom stereocenters. The summed E-state index contributed by atoms with van der Waals surface area (Å²) in [7, 11) is 0. The molecule has 1 aromatic rings. The van der Waals surface area contributed by atoms with Gasteiger partial charge in [-0.1, -0.05) is 13.8 Å². The third kappa shape index (κ3) is 3.23. The monoisotopic (exact) mass is 231 g/mol. The van der Waals surface area contributed by atoms with Crippen molar-refractivity contribution >= 4 is 0 Å². The average molecular weight is 231 g/mol. The zero-order valence-corrected chi connectivity index (χ0v) is 9.43. The van der Waals surface area contributed by atoms with E-state index in [1.165, 1.54) is 0 Å². The molecule has 0 fully saturated rings. The minimum absolute atomic E-state index is 0.0413. The maximum Gasteiger partial charge on any atom is 0.161 e. The van der Waals surface area contributed by atoms with Gasteiger partial charge in [0.2, 0.25) is 0 Å². The molecule has 0 aliphatic carbocycles. The molecule has 0 saturated heterocycles. The molecule has 2 N–H and O–H groups in total. The van der Waals surface area contributed by atoms with Crippen LogP contribution in [0.1, 0.15) is 38.3 Å². The second-order valence-corrected chi connectivity index (χ2v) is 4.37. The molecule has 0 aliphatic rings. The van der Waals surface area contributed by atoms with Gasteiger partial charge in [-0.25, -0.2) is 13.2 Å². The van der Waals surface area contributed by atoms with Gasteiger partial charge in [0.25, 0.3) is 0 Å². The van der Waals surface area contributed by atoms with E-state index in [0.29, 0.717) is 18.4 Å². The van der Waals surface area contributed by atoms with Crippen LogP contribution in [0.2, 0.25) is 0 Å². The second-order valence-electron chi connectivity index (χ2n) is 4.37. The summed E-state index contributed by atoms with van der Waals surface area (Å²) in [5.74, 6) is -2.58. The molecular weight excluding hydrogens is 215 g/mol. The van der Waals surface area contributed by atoms with Crippen LogP contribution in [-0.4, -0.2) is 0 Å². The molecule has 4 heteroatoms. The molecule has 0 spiro atoms. The largest absolute Gasteiger partial charge is 0.324 e. The van der Waals surface area contributed by atoms with Gasteiger partial charge in [-0.3, -0.25) is 0 Å². The number of halogens is 3. The van der Waals surface area contributed by atoms with Gasteiger partial charge in [-0.15, -0.1) is 0 Å². The number of benzene rings is 1. The third-order valence-corrected chi connectivity index (χ3v) is 2.49. The van der Waals surface area contributed by atoms with Crippen LogP contribution in [0.5, 0.6) is 0 Å². The SMILES string of the molecule is CC(C)CC[C@@H](N)c1cc(F)c(F)cc1F. The first-order valence-electron chi connectivity index (χ1n) is 5.31. The van der Waals surface area contributed by atoms with E-state index >= 15 is 0 Å². The van der Waals surface area contributed by atoms with Gasteiger partial charge in [0.05, 0.1) is 0 Å². The molecule has 1 nitrogen and oxygen atoms in total. The van der Waals surface area contributed by atoms with Crippen molar-refractivity contribution < 1.29 is 13.2 Å². The lowest BCUT2D eigenvalue weighted by Crippen LogP contribution is -2.14. The summed E-state index contributed by atoms with van der Waals surface area (Å²) < 4.78 is 38.9. The van der Waals surface area contributed by atoms with E-state index in [-0.39, 0.29) is 5.56 Å². The van der Waals surface area contributed by atoms with Crippen LogP contribution in [0.4, 0.5) is 13.2 Å². The topological polar surface area (TPSA) is 26.0 Å². The molecule has 1 aromatic carbocycles. The molecule has 1 rings (SSSR count). The third-order valence-electron chi connectivity index (χ3n) is 2.49. The van der Waals surface area contributed by atoms with Crippen molar-refractivity contribution in [3.05, 3.63) is 35.1 Å². The number of rotatable bonds is 4. The Morgan fingerprint density at radius 1 is 1.00 bits per heavy atom. The summed E-state index contributed by atoms with van der Waals surface area (Å²) >= 11 is 0. The van der Waals surface area contributed by atoms with Crippen molar-refractivity contribution in [3.8, 4) is 0 Å². The van der Waals surface area contributed by atoms with Crippen LogP contribution in [0.25, 0.3) is 0 Å². The predicted molar refractivity (Wildman–Crippen MR) is 57.3 cm³/mol. The van der Waals surface area contributed by atoms with E-state index in [2.05, 4.69) is 0 Å². The first kappa shape index (κ1) is 13.0. The zero-order chi connectivity index (χ0) is 12.3. The van der Waals surface area contributed by atoms with E-state index < -0.39 is 23.5 Å². The van der Waals surface area contributed by atoms with Gasteiger partial charge in [0.1, 0.15) is 5.82 Å². The molecule has 16 heavy (non-hydrogen) atoms. The summed E-state index contributed by atoms with van der Waals surface area (Å²) in [6.07, 6.45) is 1.37. The summed E-state index contributed by atoms with van der Waals surface area (Å²) in [6.45, 7) is 4.04. The summed E-state index contributed by atoms with van der Waals surface area (Å²) in [5.41, 5.74) is 5.78. The molecule has 0 aromatic heterocycles. The molecule has 0 unspecified atom stereocenters. The predicted octanol–water partition coefficient (Wildman–Crippen LogP) is 3.54. The van der Waals surface area contributed by atoms with Crippen molar-refractivity contribution in [2.24, 2.45) is 11.7 Å². The van der Waals surface area contributed by atoms with Gasteiger partial charge in [0.15, 0.2) is 11.6 Å². The van der Waals surface area contributed by atoms with Gasteiger partial charge in [-0.05, 0) is 24.8 Å². The highest BCUT2D eigenvalue weighted by Gasteiger charge is 2.15. The Hall–Kier alpha value is -1.03. The van der Waals surface area contributed by atoms with Crippen molar-refractivity contribution in [2.45, 2.75) is 32.7 Å². The molecular formula is C12H16F3N. The van der Waals surface area contributed by atoms with Gasteiger partial charge >= 0.3 is 0 Å². The lowest BCUT2D eigenvalue weighted by Gasteiger charge is -2.14. The number of nitrogens with two attached hydrogens (primary N) is 1. The Kier molecular flexibility index (Phi) is 4.35. The molecule has 90 valence electrons. The van der Waals surface area contributed by atoms with Gasteiger partial charge < -0.3 is 5.73 Å². The van der Waals surface area contributed by atoms with Crippen LogP contribution < -0.4 is 5.73 Å². The Labute approximate surface area is 93.5 Å². The van der Waals surface area contributed by atoms with Crippen LogP contribution in [0, 0.1) is 23.4 Å². The maximum absolute atomic E-state index is 13.3. The molecule has 0 amide bonds. The Bertz CT molecular complexity index is 364. The fourth-order valence-corrected chi connectivity index (χ4v) is 1.49. The van der Waals surface area contributed by atoms with Crippen molar-refractivity contribution in [1.29, 1.82) is 0 Å². The summed E-state index contributed by atoms with van der Waals surface area (Å²) in [6, 6.07) is 0.799. The zero-order valence-electron chi connectivity index (χ0n) is 9.43. The highest BCUT2D eigenvalue weighted by Crippen LogP contribution is 2.23. The van der Waals surface area contributed by atoms with Crippen LogP contribution in [0.3, 0.4) is 0 Å². The quantitative estimate of drug-likeness (QED) is 0.788. The van der Waals surface area contributed by atoms with E-state index in [1.54, 1.807) is 0 Å². The first-order valence-corrected chi connectivity index (χ1v) is 5.31. The number of hydrogen-bond acceptors (Lipinski definition) is 1. The van der Waals surface area contributed by atoms with Crippen molar-refractivity contribution in [1.82, 2.24) is 0 Å². The van der Waals surface area contributed by atoms with Crippen molar-refractivity contribution in [2.75, 3.05) is 0 Å². The van der Waals surface area contributed by atoms with E-state index in [9.17, 15) is 13.2 Å². The fourth-order valence-electron chi connectivity index (χ4n) is 1.49. The Morgan fingerprint density at radius 3 is 2.12 bits per heavy atom. The van der Waals surface area contributed by atoms with Gasteiger partial charge in [0, 0.05) is 17.7 Å². The first-order chi connectivity index (χ1) is 7.41. The maximum atomic E-state index is 13.3. The van der Waals surface area contributed by atoms with Crippen LogP contribution in [-0.2, 0) is 0 Å². The van der Waals surface area contributed by atoms with Gasteiger partial charge in [-0.2, -0.15) is 0 Å². The highest BCUT2D eigenvalue weighted by molar-refractivity contribution is 5.23. The molecule has 0 radical (unpaired) electrons. The normalized spacial score (nSPS) is 13.2. The van der Waals surface area contributed by atoms with E-state index in [1.807, 2.05) is 13.8 Å². The lowest BCUT2D eigenvalue weighted by atomic mass is 9.98.